The Hall–Kier alpha value is -2.40. The first kappa shape index (κ1) is 14.2. The second kappa shape index (κ2) is 5.66. The predicted molar refractivity (Wildman–Crippen MR) is 89.8 cm³/mol. The average Bonchev–Trinajstić information content (AvgIpc) is 3.14. The highest BCUT2D eigenvalue weighted by Crippen LogP contribution is 2.29. The summed E-state index contributed by atoms with van der Waals surface area (Å²) in [6, 6.07) is 10.4. The molecular formula is C18H21N5. The van der Waals surface area contributed by atoms with Gasteiger partial charge in [0, 0.05) is 61.2 Å². The third-order valence-corrected chi connectivity index (χ3v) is 4.79. The first-order valence-corrected chi connectivity index (χ1v) is 8.03. The van der Waals surface area contributed by atoms with Gasteiger partial charge in [-0.3, -0.25) is 14.7 Å². The van der Waals surface area contributed by atoms with Crippen molar-refractivity contribution in [3.05, 3.63) is 59.0 Å². The number of aromatic amines is 1. The number of aryl methyl sites for hydroxylation is 1. The molecule has 4 rings (SSSR count). The van der Waals surface area contributed by atoms with Crippen LogP contribution in [0.25, 0.3) is 11.3 Å². The average molecular weight is 307 g/mol. The quantitative estimate of drug-likeness (QED) is 0.809. The molecule has 0 bridgehead atoms. The maximum Gasteiger partial charge on any atom is 0.0968 e. The number of rotatable bonds is 3. The molecule has 0 radical (unpaired) electrons. The Kier molecular flexibility index (Phi) is 3.50. The Morgan fingerprint density at radius 2 is 2.04 bits per heavy atom. The SMILES string of the molecule is Cc1c(CN2CCc3[nH]nc(-c4ccccc4)c3C2)cnn1C. The topological polar surface area (TPSA) is 49.7 Å². The number of fused-ring (bicyclic) bond motifs is 1. The number of hydrogen-bond donors (Lipinski definition) is 1. The summed E-state index contributed by atoms with van der Waals surface area (Å²) < 4.78 is 1.94. The van der Waals surface area contributed by atoms with Crippen molar-refractivity contribution >= 4 is 0 Å². The summed E-state index contributed by atoms with van der Waals surface area (Å²) in [5, 5.41) is 12.1. The summed E-state index contributed by atoms with van der Waals surface area (Å²) in [6.45, 7) is 5.06. The third kappa shape index (κ3) is 2.57. The van der Waals surface area contributed by atoms with Gasteiger partial charge in [-0.05, 0) is 6.92 Å². The van der Waals surface area contributed by atoms with Crippen LogP contribution in [0.4, 0.5) is 0 Å². The van der Waals surface area contributed by atoms with Gasteiger partial charge < -0.3 is 0 Å². The van der Waals surface area contributed by atoms with Gasteiger partial charge >= 0.3 is 0 Å². The predicted octanol–water partition coefficient (Wildman–Crippen LogP) is 2.68. The number of nitrogens with zero attached hydrogens (tertiary/aromatic N) is 4. The summed E-state index contributed by atoms with van der Waals surface area (Å²) >= 11 is 0. The van der Waals surface area contributed by atoms with Crippen molar-refractivity contribution in [2.24, 2.45) is 7.05 Å². The van der Waals surface area contributed by atoms with Gasteiger partial charge in [0.15, 0.2) is 0 Å². The normalized spacial score (nSPS) is 14.9. The lowest BCUT2D eigenvalue weighted by Crippen LogP contribution is -2.30. The number of nitrogens with one attached hydrogen (secondary N) is 1. The molecule has 1 N–H and O–H groups in total. The van der Waals surface area contributed by atoms with Crippen LogP contribution in [0.3, 0.4) is 0 Å². The molecule has 23 heavy (non-hydrogen) atoms. The Bertz CT molecular complexity index is 815. The van der Waals surface area contributed by atoms with Gasteiger partial charge in [-0.15, -0.1) is 0 Å². The fourth-order valence-electron chi connectivity index (χ4n) is 3.26. The molecule has 118 valence electrons. The molecule has 0 aliphatic carbocycles. The van der Waals surface area contributed by atoms with Crippen molar-refractivity contribution < 1.29 is 0 Å². The smallest absolute Gasteiger partial charge is 0.0968 e. The molecule has 5 heteroatoms. The van der Waals surface area contributed by atoms with Crippen molar-refractivity contribution in [2.75, 3.05) is 6.54 Å². The summed E-state index contributed by atoms with van der Waals surface area (Å²) in [5.74, 6) is 0. The van der Waals surface area contributed by atoms with E-state index in [1.54, 1.807) is 0 Å². The van der Waals surface area contributed by atoms with Crippen LogP contribution in [0, 0.1) is 6.92 Å². The molecule has 0 amide bonds. The first-order chi connectivity index (χ1) is 11.2. The van der Waals surface area contributed by atoms with Crippen LogP contribution in [-0.4, -0.2) is 31.4 Å². The van der Waals surface area contributed by atoms with Crippen LogP contribution in [0.1, 0.15) is 22.5 Å². The summed E-state index contributed by atoms with van der Waals surface area (Å²) in [6.07, 6.45) is 3.01. The zero-order chi connectivity index (χ0) is 15.8. The minimum Gasteiger partial charge on any atom is -0.294 e. The van der Waals surface area contributed by atoms with E-state index in [4.69, 9.17) is 0 Å². The molecule has 3 aromatic rings. The molecule has 5 nitrogen and oxygen atoms in total. The largest absolute Gasteiger partial charge is 0.294 e. The van der Waals surface area contributed by atoms with Crippen LogP contribution in [0.5, 0.6) is 0 Å². The molecule has 2 aromatic heterocycles. The van der Waals surface area contributed by atoms with Crippen molar-refractivity contribution in [1.82, 2.24) is 24.9 Å². The van der Waals surface area contributed by atoms with Gasteiger partial charge in [0.1, 0.15) is 0 Å². The monoisotopic (exact) mass is 307 g/mol. The molecule has 0 atom stereocenters. The standard InChI is InChI=1S/C18H21N5/c1-13-15(10-19-22(13)2)11-23-9-8-17-16(12-23)18(21-20-17)14-6-4-3-5-7-14/h3-7,10H,8-9,11-12H2,1-2H3,(H,20,21). The fraction of sp³-hybridized carbons (Fsp3) is 0.333. The van der Waals surface area contributed by atoms with Crippen LogP contribution in [0.15, 0.2) is 36.5 Å². The van der Waals surface area contributed by atoms with E-state index >= 15 is 0 Å². The lowest BCUT2D eigenvalue weighted by atomic mass is 10.0. The Morgan fingerprint density at radius 1 is 1.22 bits per heavy atom. The van der Waals surface area contributed by atoms with E-state index in [1.165, 1.54) is 28.1 Å². The fourth-order valence-corrected chi connectivity index (χ4v) is 3.26. The molecule has 0 saturated carbocycles. The van der Waals surface area contributed by atoms with Gasteiger partial charge in [0.2, 0.25) is 0 Å². The van der Waals surface area contributed by atoms with Crippen molar-refractivity contribution in [1.29, 1.82) is 0 Å². The minimum absolute atomic E-state index is 0.935. The molecular weight excluding hydrogens is 286 g/mol. The minimum atomic E-state index is 0.935. The summed E-state index contributed by atoms with van der Waals surface area (Å²) in [7, 11) is 2.00. The second-order valence-corrected chi connectivity index (χ2v) is 6.23. The Balaban J connectivity index is 1.59. The molecule has 0 saturated heterocycles. The van der Waals surface area contributed by atoms with E-state index in [-0.39, 0.29) is 0 Å². The molecule has 0 spiro atoms. The zero-order valence-corrected chi connectivity index (χ0v) is 13.6. The van der Waals surface area contributed by atoms with Gasteiger partial charge in [-0.1, -0.05) is 30.3 Å². The number of H-pyrrole nitrogens is 1. The number of benzene rings is 1. The van der Waals surface area contributed by atoms with Crippen molar-refractivity contribution in [2.45, 2.75) is 26.4 Å². The summed E-state index contributed by atoms with van der Waals surface area (Å²) in [5.41, 5.74) is 7.44. The van der Waals surface area contributed by atoms with Crippen LogP contribution in [-0.2, 0) is 26.6 Å². The zero-order valence-electron chi connectivity index (χ0n) is 13.6. The van der Waals surface area contributed by atoms with Crippen molar-refractivity contribution in [3.8, 4) is 11.3 Å². The van der Waals surface area contributed by atoms with Gasteiger partial charge in [0.25, 0.3) is 0 Å². The molecule has 1 aliphatic heterocycles. The van der Waals surface area contributed by atoms with Gasteiger partial charge in [0.05, 0.1) is 11.9 Å². The van der Waals surface area contributed by atoms with Crippen molar-refractivity contribution in [3.63, 3.8) is 0 Å². The highest BCUT2D eigenvalue weighted by Gasteiger charge is 2.23. The first-order valence-electron chi connectivity index (χ1n) is 8.03. The Labute approximate surface area is 135 Å². The maximum absolute atomic E-state index is 4.56. The maximum atomic E-state index is 4.56. The van der Waals surface area contributed by atoms with E-state index in [0.717, 1.165) is 31.7 Å². The van der Waals surface area contributed by atoms with E-state index in [1.807, 2.05) is 24.0 Å². The lowest BCUT2D eigenvalue weighted by Gasteiger charge is -2.26. The van der Waals surface area contributed by atoms with E-state index in [2.05, 4.69) is 51.4 Å². The van der Waals surface area contributed by atoms with Gasteiger partial charge in [-0.2, -0.15) is 10.2 Å². The molecule has 1 aliphatic rings. The van der Waals surface area contributed by atoms with E-state index in [0.29, 0.717) is 0 Å². The van der Waals surface area contributed by atoms with E-state index < -0.39 is 0 Å². The highest BCUT2D eigenvalue weighted by atomic mass is 15.3. The van der Waals surface area contributed by atoms with Crippen LogP contribution in [0.2, 0.25) is 0 Å². The summed E-state index contributed by atoms with van der Waals surface area (Å²) in [4.78, 5) is 2.48. The Morgan fingerprint density at radius 3 is 2.78 bits per heavy atom. The van der Waals surface area contributed by atoms with Gasteiger partial charge in [-0.25, -0.2) is 0 Å². The molecule has 1 aromatic carbocycles. The number of aromatic nitrogens is 4. The third-order valence-electron chi connectivity index (χ3n) is 4.79. The lowest BCUT2D eigenvalue weighted by molar-refractivity contribution is 0.244. The second-order valence-electron chi connectivity index (χ2n) is 6.23. The van der Waals surface area contributed by atoms with Crippen LogP contribution >= 0.6 is 0 Å². The highest BCUT2D eigenvalue weighted by molar-refractivity contribution is 5.64. The molecule has 0 fully saturated rings. The van der Waals surface area contributed by atoms with E-state index in [9.17, 15) is 0 Å². The molecule has 3 heterocycles. The van der Waals surface area contributed by atoms with Crippen LogP contribution < -0.4 is 0 Å². The molecule has 0 unspecified atom stereocenters. The number of hydrogen-bond acceptors (Lipinski definition) is 3.